The molecule has 0 aromatic heterocycles. The molecule has 0 radical (unpaired) electrons. The van der Waals surface area contributed by atoms with E-state index in [2.05, 4.69) is 0 Å². The van der Waals surface area contributed by atoms with Crippen LogP contribution in [0.1, 0.15) is 39.0 Å². The van der Waals surface area contributed by atoms with E-state index in [1.807, 2.05) is 6.92 Å². The minimum atomic E-state index is -5.38. The zero-order valence-electron chi connectivity index (χ0n) is 12.0. The van der Waals surface area contributed by atoms with Crippen LogP contribution in [0.15, 0.2) is 0 Å². The van der Waals surface area contributed by atoms with Crippen molar-refractivity contribution in [2.24, 2.45) is 0 Å². The molecule has 1 unspecified atom stereocenters. The number of rotatable bonds is 9. The molecule has 0 aliphatic rings. The molecule has 0 aromatic rings. The summed E-state index contributed by atoms with van der Waals surface area (Å²) in [6, 6.07) is -0.535. The summed E-state index contributed by atoms with van der Waals surface area (Å²) < 4.78 is 22.6. The van der Waals surface area contributed by atoms with Crippen molar-refractivity contribution in [2.75, 3.05) is 14.1 Å². The van der Waals surface area contributed by atoms with Crippen molar-refractivity contribution < 1.29 is 33.8 Å². The van der Waals surface area contributed by atoms with Crippen LogP contribution in [0.5, 0.6) is 0 Å². The largest absolute Gasteiger partial charge is 0.369 e. The van der Waals surface area contributed by atoms with Crippen LogP contribution in [0.4, 0.5) is 0 Å². The lowest BCUT2D eigenvalue weighted by atomic mass is 10.0. The van der Waals surface area contributed by atoms with E-state index in [0.29, 0.717) is 6.42 Å². The van der Waals surface area contributed by atoms with Crippen molar-refractivity contribution in [2.45, 2.75) is 50.2 Å². The Morgan fingerprint density at radius 3 is 1.80 bits per heavy atom. The summed E-state index contributed by atoms with van der Waals surface area (Å²) in [5.41, 5.74) is 0. The average molecular weight is 333 g/mol. The minimum absolute atomic E-state index is 0.489. The van der Waals surface area contributed by atoms with Crippen LogP contribution in [0.25, 0.3) is 0 Å². The standard InChI is InChI=1S/C10H25NO7P2/c1-4-5-6-7-9(11(2)3)8-10(12,19(13,14)15)20(16,17)18/h9,12H,4-8H2,1-3H3,(H2,13,14,15)(H2,16,17,18). The summed E-state index contributed by atoms with van der Waals surface area (Å²) in [5.74, 6) is 0. The van der Waals surface area contributed by atoms with Gasteiger partial charge in [-0.05, 0) is 20.5 Å². The van der Waals surface area contributed by atoms with Crippen molar-refractivity contribution in [3.8, 4) is 0 Å². The molecule has 122 valence electrons. The molecule has 10 heteroatoms. The van der Waals surface area contributed by atoms with Crippen molar-refractivity contribution in [3.05, 3.63) is 0 Å². The fourth-order valence-corrected chi connectivity index (χ4v) is 4.15. The molecule has 5 N–H and O–H groups in total. The van der Waals surface area contributed by atoms with Crippen LogP contribution in [0, 0.1) is 0 Å². The molecule has 0 fully saturated rings. The van der Waals surface area contributed by atoms with Gasteiger partial charge < -0.3 is 29.6 Å². The molecule has 20 heavy (non-hydrogen) atoms. The molecule has 0 rings (SSSR count). The van der Waals surface area contributed by atoms with Crippen LogP contribution in [0.3, 0.4) is 0 Å². The number of hydrogen-bond acceptors (Lipinski definition) is 4. The lowest BCUT2D eigenvalue weighted by Crippen LogP contribution is -2.39. The van der Waals surface area contributed by atoms with Crippen molar-refractivity contribution in [1.82, 2.24) is 4.90 Å². The monoisotopic (exact) mass is 333 g/mol. The fraction of sp³-hybridized carbons (Fsp3) is 1.00. The maximum Gasteiger partial charge on any atom is 0.369 e. The SMILES string of the molecule is CCCCCC(CC(O)(P(=O)(O)O)P(=O)(O)O)N(C)C. The summed E-state index contributed by atoms with van der Waals surface area (Å²) >= 11 is 0. The van der Waals surface area contributed by atoms with Gasteiger partial charge in [0.1, 0.15) is 0 Å². The highest BCUT2D eigenvalue weighted by Gasteiger charge is 2.60. The maximum atomic E-state index is 11.3. The van der Waals surface area contributed by atoms with Gasteiger partial charge in [0.25, 0.3) is 5.08 Å². The van der Waals surface area contributed by atoms with E-state index in [0.717, 1.165) is 19.3 Å². The first-order chi connectivity index (χ1) is 8.87. The van der Waals surface area contributed by atoms with Gasteiger partial charge in [-0.25, -0.2) is 0 Å². The predicted octanol–water partition coefficient (Wildman–Crippen LogP) is 0.888. The van der Waals surface area contributed by atoms with Gasteiger partial charge in [-0.15, -0.1) is 0 Å². The lowest BCUT2D eigenvalue weighted by molar-refractivity contribution is 0.0916. The molecule has 0 aromatic carbocycles. The van der Waals surface area contributed by atoms with Crippen molar-refractivity contribution >= 4 is 15.2 Å². The molecule has 0 heterocycles. The second-order valence-electron chi connectivity index (χ2n) is 5.18. The second-order valence-corrected chi connectivity index (χ2v) is 9.19. The third kappa shape index (κ3) is 5.20. The molecular weight excluding hydrogens is 308 g/mol. The summed E-state index contributed by atoms with van der Waals surface area (Å²) in [4.78, 5) is 38.1. The normalized spacial score (nSPS) is 15.7. The zero-order chi connectivity index (χ0) is 16.2. The van der Waals surface area contributed by atoms with Crippen molar-refractivity contribution in [3.63, 3.8) is 0 Å². The van der Waals surface area contributed by atoms with Crippen LogP contribution < -0.4 is 0 Å². The second kappa shape index (κ2) is 7.47. The van der Waals surface area contributed by atoms with E-state index in [1.54, 1.807) is 19.0 Å². The third-order valence-electron chi connectivity index (χ3n) is 3.31. The van der Waals surface area contributed by atoms with Crippen LogP contribution in [-0.2, 0) is 9.13 Å². The predicted molar refractivity (Wildman–Crippen MR) is 75.3 cm³/mol. The van der Waals surface area contributed by atoms with Gasteiger partial charge >= 0.3 is 15.2 Å². The van der Waals surface area contributed by atoms with E-state index in [9.17, 15) is 14.2 Å². The lowest BCUT2D eigenvalue weighted by Gasteiger charge is -2.35. The average Bonchev–Trinajstić information content (AvgIpc) is 2.24. The smallest absolute Gasteiger partial charge is 0.367 e. The molecule has 0 saturated carbocycles. The Morgan fingerprint density at radius 1 is 1.05 bits per heavy atom. The Morgan fingerprint density at radius 2 is 1.50 bits per heavy atom. The highest BCUT2D eigenvalue weighted by Crippen LogP contribution is 2.69. The van der Waals surface area contributed by atoms with E-state index < -0.39 is 32.7 Å². The summed E-state index contributed by atoms with van der Waals surface area (Å²) in [7, 11) is -7.48. The Kier molecular flexibility index (Phi) is 7.56. The molecule has 0 aliphatic heterocycles. The molecule has 0 aliphatic carbocycles. The number of hydrogen-bond donors (Lipinski definition) is 5. The zero-order valence-corrected chi connectivity index (χ0v) is 13.8. The first kappa shape index (κ1) is 20.2. The molecule has 1 atom stereocenters. The molecule has 0 bridgehead atoms. The molecule has 0 amide bonds. The number of unbranched alkanes of at least 4 members (excludes halogenated alkanes) is 2. The van der Waals surface area contributed by atoms with Gasteiger partial charge in [0.05, 0.1) is 0 Å². The quantitative estimate of drug-likeness (QED) is 0.310. The van der Waals surface area contributed by atoms with Crippen LogP contribution in [0.2, 0.25) is 0 Å². The van der Waals surface area contributed by atoms with Crippen molar-refractivity contribution in [1.29, 1.82) is 0 Å². The Hall–Kier alpha value is 0.220. The van der Waals surface area contributed by atoms with E-state index >= 15 is 0 Å². The Bertz CT molecular complexity index is 367. The van der Waals surface area contributed by atoms with Gasteiger partial charge in [0.2, 0.25) is 0 Å². The Labute approximate surface area is 119 Å². The van der Waals surface area contributed by atoms with Gasteiger partial charge in [-0.3, -0.25) is 9.13 Å². The van der Waals surface area contributed by atoms with E-state index in [-0.39, 0.29) is 0 Å². The fourth-order valence-electron chi connectivity index (χ4n) is 1.90. The molecule has 0 spiro atoms. The highest BCUT2D eigenvalue weighted by molar-refractivity contribution is 7.72. The van der Waals surface area contributed by atoms with Crippen LogP contribution >= 0.6 is 15.2 Å². The number of aliphatic hydroxyl groups is 1. The number of nitrogens with zero attached hydrogens (tertiary/aromatic N) is 1. The van der Waals surface area contributed by atoms with Gasteiger partial charge in [0, 0.05) is 12.5 Å². The van der Waals surface area contributed by atoms with Gasteiger partial charge in [0.15, 0.2) is 0 Å². The van der Waals surface area contributed by atoms with E-state index in [1.165, 1.54) is 0 Å². The minimum Gasteiger partial charge on any atom is -0.367 e. The van der Waals surface area contributed by atoms with Crippen LogP contribution in [-0.4, -0.2) is 54.8 Å². The summed E-state index contributed by atoms with van der Waals surface area (Å²) in [5, 5.41) is 6.58. The maximum absolute atomic E-state index is 11.3. The highest BCUT2D eigenvalue weighted by atomic mass is 31.2. The Balaban J connectivity index is 5.22. The van der Waals surface area contributed by atoms with Gasteiger partial charge in [-0.1, -0.05) is 26.2 Å². The summed E-state index contributed by atoms with van der Waals surface area (Å²) in [6.45, 7) is 1.99. The van der Waals surface area contributed by atoms with E-state index in [4.69, 9.17) is 19.6 Å². The topological polar surface area (TPSA) is 139 Å². The first-order valence-corrected chi connectivity index (χ1v) is 9.59. The first-order valence-electron chi connectivity index (χ1n) is 6.37. The third-order valence-corrected chi connectivity index (χ3v) is 7.11. The van der Waals surface area contributed by atoms with Gasteiger partial charge in [-0.2, -0.15) is 0 Å². The molecular formula is C10H25NO7P2. The molecule has 8 nitrogen and oxygen atoms in total. The summed E-state index contributed by atoms with van der Waals surface area (Å²) in [6.07, 6.45) is 2.40. The molecule has 0 saturated heterocycles.